The molecule has 0 heterocycles. The Morgan fingerprint density at radius 1 is 1.31 bits per heavy atom. The van der Waals surface area contributed by atoms with Gasteiger partial charge in [0, 0.05) is 0 Å². The van der Waals surface area contributed by atoms with Crippen molar-refractivity contribution >= 4 is 11.6 Å². The number of benzene rings is 1. The minimum absolute atomic E-state index is 0.103. The third-order valence-electron chi connectivity index (χ3n) is 1.92. The summed E-state index contributed by atoms with van der Waals surface area (Å²) in [4.78, 5) is 0. The fourth-order valence-corrected chi connectivity index (χ4v) is 1.40. The first-order chi connectivity index (χ1) is 7.28. The van der Waals surface area contributed by atoms with E-state index < -0.39 is 24.5 Å². The quantitative estimate of drug-likeness (QED) is 0.823. The van der Waals surface area contributed by atoms with Crippen molar-refractivity contribution in [3.63, 3.8) is 0 Å². The molecule has 0 radical (unpaired) electrons. The Labute approximate surface area is 94.7 Å². The van der Waals surface area contributed by atoms with Gasteiger partial charge in [0.1, 0.15) is 5.82 Å². The van der Waals surface area contributed by atoms with Crippen molar-refractivity contribution in [3.8, 4) is 0 Å². The molecule has 1 aromatic carbocycles. The molecule has 1 rings (SSSR count). The predicted molar refractivity (Wildman–Crippen MR) is 51.8 cm³/mol. The molecule has 0 saturated carbocycles. The van der Waals surface area contributed by atoms with Gasteiger partial charge >= 0.3 is 6.18 Å². The van der Waals surface area contributed by atoms with E-state index in [0.29, 0.717) is 0 Å². The van der Waals surface area contributed by atoms with E-state index >= 15 is 0 Å². The minimum Gasteiger partial charge on any atom is -0.392 e. The number of aliphatic hydroxyl groups is 1. The van der Waals surface area contributed by atoms with Gasteiger partial charge in [0.25, 0.3) is 0 Å². The molecule has 0 saturated heterocycles. The Morgan fingerprint density at radius 2 is 1.94 bits per heavy atom. The van der Waals surface area contributed by atoms with Crippen LogP contribution in [0.4, 0.5) is 17.6 Å². The molecule has 1 atom stereocenters. The first kappa shape index (κ1) is 13.3. The molecule has 0 bridgehead atoms. The van der Waals surface area contributed by atoms with E-state index in [1.165, 1.54) is 12.1 Å². The van der Waals surface area contributed by atoms with E-state index in [1.54, 1.807) is 0 Å². The number of aliphatic hydroxyl groups excluding tert-OH is 1. The summed E-state index contributed by atoms with van der Waals surface area (Å²) < 4.78 is 48.6. The number of alkyl halides is 3. The maximum absolute atomic E-state index is 12.9. The van der Waals surface area contributed by atoms with Crippen LogP contribution in [0.15, 0.2) is 18.2 Å². The Morgan fingerprint density at radius 3 is 2.44 bits per heavy atom. The zero-order chi connectivity index (χ0) is 12.3. The average Bonchev–Trinajstić information content (AvgIpc) is 2.08. The highest BCUT2D eigenvalue weighted by Gasteiger charge is 2.31. The van der Waals surface area contributed by atoms with Crippen LogP contribution in [0.25, 0.3) is 0 Å². The molecule has 90 valence electrons. The van der Waals surface area contributed by atoms with Crippen LogP contribution >= 0.6 is 11.6 Å². The van der Waals surface area contributed by atoms with Gasteiger partial charge in [-0.25, -0.2) is 4.39 Å². The number of rotatable bonds is 3. The first-order valence-corrected chi connectivity index (χ1v) is 4.84. The van der Waals surface area contributed by atoms with Crippen molar-refractivity contribution in [1.29, 1.82) is 0 Å². The molecular weight excluding hydrogens is 248 g/mol. The summed E-state index contributed by atoms with van der Waals surface area (Å²) in [7, 11) is 0. The van der Waals surface area contributed by atoms with Crippen LogP contribution in [0.2, 0.25) is 5.02 Å². The molecule has 0 aliphatic heterocycles. The summed E-state index contributed by atoms with van der Waals surface area (Å²) in [5.74, 6) is -0.710. The number of hydrogen-bond acceptors (Lipinski definition) is 1. The van der Waals surface area contributed by atoms with Crippen molar-refractivity contribution in [1.82, 2.24) is 0 Å². The van der Waals surface area contributed by atoms with Gasteiger partial charge in [-0.3, -0.25) is 0 Å². The highest BCUT2D eigenvalue weighted by atomic mass is 35.5. The SMILES string of the molecule is OC(Cc1ccc(Cl)c(F)c1)CC(F)(F)F. The molecule has 0 aliphatic rings. The van der Waals surface area contributed by atoms with Gasteiger partial charge in [0.15, 0.2) is 0 Å². The van der Waals surface area contributed by atoms with Gasteiger partial charge in [-0.15, -0.1) is 0 Å². The first-order valence-electron chi connectivity index (χ1n) is 4.46. The van der Waals surface area contributed by atoms with Crippen LogP contribution in [0.3, 0.4) is 0 Å². The van der Waals surface area contributed by atoms with Crippen LogP contribution in [-0.4, -0.2) is 17.4 Å². The molecule has 1 nitrogen and oxygen atoms in total. The lowest BCUT2D eigenvalue weighted by Gasteiger charge is -2.13. The number of halogens is 5. The summed E-state index contributed by atoms with van der Waals surface area (Å²) in [5.41, 5.74) is 0.277. The van der Waals surface area contributed by atoms with Crippen LogP contribution < -0.4 is 0 Å². The average molecular weight is 257 g/mol. The summed E-state index contributed by atoms with van der Waals surface area (Å²) in [6.45, 7) is 0. The summed E-state index contributed by atoms with van der Waals surface area (Å²) in [6.07, 6.45) is -7.56. The lowest BCUT2D eigenvalue weighted by atomic mass is 10.1. The molecule has 0 aromatic heterocycles. The van der Waals surface area contributed by atoms with Gasteiger partial charge in [-0.1, -0.05) is 17.7 Å². The molecule has 1 N–H and O–H groups in total. The Kier molecular flexibility index (Phi) is 4.15. The normalized spacial score (nSPS) is 13.9. The smallest absolute Gasteiger partial charge is 0.391 e. The predicted octanol–water partition coefficient (Wildman–Crippen LogP) is 3.33. The zero-order valence-corrected chi connectivity index (χ0v) is 8.82. The summed E-state index contributed by atoms with van der Waals surface area (Å²) in [6, 6.07) is 3.64. The monoisotopic (exact) mass is 256 g/mol. The second kappa shape index (κ2) is 5.01. The van der Waals surface area contributed by atoms with Crippen LogP contribution in [0.1, 0.15) is 12.0 Å². The molecule has 0 fully saturated rings. The molecule has 1 aromatic rings. The third-order valence-corrected chi connectivity index (χ3v) is 2.23. The van der Waals surface area contributed by atoms with Gasteiger partial charge in [0.05, 0.1) is 17.5 Å². The largest absolute Gasteiger partial charge is 0.392 e. The molecule has 0 spiro atoms. The van der Waals surface area contributed by atoms with E-state index in [0.717, 1.165) is 6.07 Å². The van der Waals surface area contributed by atoms with Gasteiger partial charge in [0.2, 0.25) is 0 Å². The Hall–Kier alpha value is -0.810. The zero-order valence-electron chi connectivity index (χ0n) is 8.06. The fourth-order valence-electron chi connectivity index (χ4n) is 1.28. The van der Waals surface area contributed by atoms with E-state index in [2.05, 4.69) is 0 Å². The highest BCUT2D eigenvalue weighted by Crippen LogP contribution is 2.24. The van der Waals surface area contributed by atoms with Gasteiger partial charge in [-0.05, 0) is 24.1 Å². The third kappa shape index (κ3) is 4.37. The van der Waals surface area contributed by atoms with Crippen molar-refractivity contribution in [3.05, 3.63) is 34.6 Å². The molecule has 6 heteroatoms. The molecule has 1 unspecified atom stereocenters. The van der Waals surface area contributed by atoms with Crippen LogP contribution in [0, 0.1) is 5.82 Å². The Bertz CT molecular complexity index is 364. The van der Waals surface area contributed by atoms with Crippen molar-refractivity contribution in [2.24, 2.45) is 0 Å². The van der Waals surface area contributed by atoms with Gasteiger partial charge < -0.3 is 5.11 Å². The second-order valence-electron chi connectivity index (χ2n) is 3.43. The standard InChI is InChI=1S/C10H9ClF4O/c11-8-2-1-6(4-9(8)12)3-7(16)5-10(13,14)15/h1-2,4,7,16H,3,5H2. The fraction of sp³-hybridized carbons (Fsp3) is 0.400. The molecule has 0 aliphatic carbocycles. The minimum atomic E-state index is -4.43. The Balaban J connectivity index is 2.63. The van der Waals surface area contributed by atoms with E-state index in [-0.39, 0.29) is 17.0 Å². The van der Waals surface area contributed by atoms with Gasteiger partial charge in [-0.2, -0.15) is 13.2 Å². The topological polar surface area (TPSA) is 20.2 Å². The van der Waals surface area contributed by atoms with E-state index in [9.17, 15) is 17.6 Å². The highest BCUT2D eigenvalue weighted by molar-refractivity contribution is 6.30. The molecular formula is C10H9ClF4O. The van der Waals surface area contributed by atoms with E-state index in [1.807, 2.05) is 0 Å². The second-order valence-corrected chi connectivity index (χ2v) is 3.83. The van der Waals surface area contributed by atoms with Crippen LogP contribution in [0.5, 0.6) is 0 Å². The van der Waals surface area contributed by atoms with Crippen LogP contribution in [-0.2, 0) is 6.42 Å². The molecule has 16 heavy (non-hydrogen) atoms. The number of hydrogen-bond donors (Lipinski definition) is 1. The van der Waals surface area contributed by atoms with E-state index in [4.69, 9.17) is 16.7 Å². The van der Waals surface area contributed by atoms with Crippen molar-refractivity contribution in [2.45, 2.75) is 25.1 Å². The lowest BCUT2D eigenvalue weighted by molar-refractivity contribution is -0.153. The summed E-state index contributed by atoms with van der Waals surface area (Å²) in [5, 5.41) is 9.02. The summed E-state index contributed by atoms with van der Waals surface area (Å²) >= 11 is 5.41. The van der Waals surface area contributed by atoms with Crippen molar-refractivity contribution < 1.29 is 22.7 Å². The lowest BCUT2D eigenvalue weighted by Crippen LogP contribution is -2.21. The maximum Gasteiger partial charge on any atom is 0.391 e. The van der Waals surface area contributed by atoms with Crippen molar-refractivity contribution in [2.75, 3.05) is 0 Å². The maximum atomic E-state index is 12.9. The molecule has 0 amide bonds.